The van der Waals surface area contributed by atoms with Crippen LogP contribution < -0.4 is 42.0 Å². The molecule has 0 aliphatic heterocycles. The fraction of sp³-hybridized carbons (Fsp3) is 0. The molecule has 0 saturated carbocycles. The molecule has 20 valence electrons. The first-order valence-corrected chi connectivity index (χ1v) is 0.500. The molecule has 0 spiro atoms. The zero-order valence-corrected chi connectivity index (χ0v) is 5.77. The average Bonchev–Trinajstić information content (AvgIpc) is 1.00. The van der Waals surface area contributed by atoms with E-state index in [2.05, 4.69) is 12.5 Å². The molecular formula is ClNaOS. The van der Waals surface area contributed by atoms with Crippen LogP contribution >= 0.6 is 0 Å². The molecule has 1 nitrogen and oxygen atoms in total. The molecule has 0 rings (SSSR count). The Bertz CT molecular complexity index is 8.00. The topological polar surface area (TPSA) is 17.1 Å². The maximum atomic E-state index is 7.83. The molecule has 0 amide bonds. The number of hydrogen-bond acceptors (Lipinski definition) is 2. The van der Waals surface area contributed by atoms with Crippen molar-refractivity contribution >= 4 is 12.5 Å². The molecule has 0 aliphatic rings. The van der Waals surface area contributed by atoms with Gasteiger partial charge in [-0.2, -0.15) is 4.21 Å². The summed E-state index contributed by atoms with van der Waals surface area (Å²) in [6, 6.07) is 0. The molecule has 0 saturated heterocycles. The first-order valence-electron chi connectivity index (χ1n) is 0.167. The van der Waals surface area contributed by atoms with Crippen molar-refractivity contribution in [1.29, 1.82) is 0 Å². The van der Waals surface area contributed by atoms with Crippen molar-refractivity contribution in [3.63, 3.8) is 0 Å². The second-order valence-corrected chi connectivity index (χ2v) is 0. The van der Waals surface area contributed by atoms with Gasteiger partial charge < -0.3 is 12.4 Å². The second-order valence-electron chi connectivity index (χ2n) is 0. The van der Waals surface area contributed by atoms with E-state index in [9.17, 15) is 0 Å². The van der Waals surface area contributed by atoms with Crippen molar-refractivity contribution in [3.05, 3.63) is 0 Å². The Morgan fingerprint density at radius 2 is 1.25 bits per heavy atom. The van der Waals surface area contributed by atoms with Gasteiger partial charge in [0.25, 0.3) is 0 Å². The van der Waals surface area contributed by atoms with Crippen molar-refractivity contribution in [2.75, 3.05) is 0 Å². The minimum absolute atomic E-state index is 0. The first kappa shape index (κ1) is 18.5. The van der Waals surface area contributed by atoms with E-state index in [0.717, 1.165) is 0 Å². The summed E-state index contributed by atoms with van der Waals surface area (Å²) in [5.74, 6) is 0. The Labute approximate surface area is 58.4 Å². The molecule has 4 heteroatoms. The van der Waals surface area contributed by atoms with E-state index in [0.29, 0.717) is 0 Å². The molecular weight excluding hydrogens is 107 g/mol. The van der Waals surface area contributed by atoms with Crippen molar-refractivity contribution in [2.45, 2.75) is 0 Å². The molecule has 0 aromatic carbocycles. The van der Waals surface area contributed by atoms with Crippen LogP contribution in [-0.2, 0) is 12.5 Å². The summed E-state index contributed by atoms with van der Waals surface area (Å²) in [7, 11) is 0. The second kappa shape index (κ2) is 27.5. The number of halogens is 1. The van der Waals surface area contributed by atoms with E-state index in [1.54, 1.807) is 0 Å². The number of rotatable bonds is 0. The first-order chi connectivity index (χ1) is 1.00. The third-order valence-corrected chi connectivity index (χ3v) is 0. The molecule has 0 N–H and O–H groups in total. The van der Waals surface area contributed by atoms with Crippen LogP contribution in [0.25, 0.3) is 0 Å². The van der Waals surface area contributed by atoms with Gasteiger partial charge in [-0.25, -0.2) is 0 Å². The molecule has 0 fully saturated rings. The molecule has 0 aromatic rings. The minimum Gasteiger partial charge on any atom is -1.00 e. The van der Waals surface area contributed by atoms with Gasteiger partial charge in [0.2, 0.25) is 0 Å². The third-order valence-electron chi connectivity index (χ3n) is 0. The van der Waals surface area contributed by atoms with Crippen LogP contribution in [0.3, 0.4) is 0 Å². The largest absolute Gasteiger partial charge is 1.00 e. The van der Waals surface area contributed by atoms with Crippen LogP contribution in [0.15, 0.2) is 0 Å². The zero-order valence-electron chi connectivity index (χ0n) is 2.19. The molecule has 0 unspecified atom stereocenters. The molecule has 0 aliphatic carbocycles. The summed E-state index contributed by atoms with van der Waals surface area (Å²) in [6.45, 7) is 0. The van der Waals surface area contributed by atoms with Crippen molar-refractivity contribution in [2.24, 2.45) is 0 Å². The van der Waals surface area contributed by atoms with Crippen LogP contribution in [-0.4, -0.2) is 4.21 Å². The van der Waals surface area contributed by atoms with Gasteiger partial charge in [-0.05, 0) is 0 Å². The summed E-state index contributed by atoms with van der Waals surface area (Å²) >= 11 is 2.83. The van der Waals surface area contributed by atoms with Crippen LogP contribution in [0.1, 0.15) is 0 Å². The predicted octanol–water partition coefficient (Wildman–Crippen LogP) is -6.33. The Kier molecular flexibility index (Phi) is 127. The Hall–Kier alpha value is 1.31. The zero-order chi connectivity index (χ0) is 2.00. The van der Waals surface area contributed by atoms with E-state index < -0.39 is 0 Å². The molecule has 0 atom stereocenters. The summed E-state index contributed by atoms with van der Waals surface area (Å²) in [6.07, 6.45) is 0. The Morgan fingerprint density at radius 3 is 1.25 bits per heavy atom. The van der Waals surface area contributed by atoms with E-state index in [-0.39, 0.29) is 42.0 Å². The summed E-state index contributed by atoms with van der Waals surface area (Å²) in [5.41, 5.74) is 0. The molecule has 0 aromatic heterocycles. The van der Waals surface area contributed by atoms with Crippen molar-refractivity contribution < 1.29 is 46.2 Å². The summed E-state index contributed by atoms with van der Waals surface area (Å²) in [5, 5.41) is 0. The van der Waals surface area contributed by atoms with Crippen molar-refractivity contribution in [3.8, 4) is 0 Å². The quantitative estimate of drug-likeness (QED) is 0.286. The molecule has 0 radical (unpaired) electrons. The van der Waals surface area contributed by atoms with Gasteiger partial charge in [0, 0.05) is 0 Å². The van der Waals surface area contributed by atoms with Gasteiger partial charge >= 0.3 is 29.6 Å². The molecule has 0 heterocycles. The minimum atomic E-state index is 0. The maximum Gasteiger partial charge on any atom is 1.00 e. The Morgan fingerprint density at radius 1 is 1.25 bits per heavy atom. The summed E-state index contributed by atoms with van der Waals surface area (Å²) < 4.78 is 7.83. The smallest absolute Gasteiger partial charge is 1.00 e. The fourth-order valence-electron chi connectivity index (χ4n) is 0. The van der Waals surface area contributed by atoms with Crippen molar-refractivity contribution in [1.82, 2.24) is 0 Å². The Balaban J connectivity index is -0.00000000500. The number of hydrogen-bond donors (Lipinski definition) is 0. The van der Waals surface area contributed by atoms with Crippen LogP contribution in [0.4, 0.5) is 0 Å². The third kappa shape index (κ3) is 10.3. The monoisotopic (exact) mass is 106 g/mol. The fourth-order valence-corrected chi connectivity index (χ4v) is 0. The molecule has 4 heavy (non-hydrogen) atoms. The normalized spacial score (nSPS) is 1.00. The predicted molar refractivity (Wildman–Crippen MR) is 8.14 cm³/mol. The van der Waals surface area contributed by atoms with Crippen LogP contribution in [0.2, 0.25) is 0 Å². The maximum absolute atomic E-state index is 7.83. The van der Waals surface area contributed by atoms with Gasteiger partial charge in [0.05, 0.1) is 0 Å². The van der Waals surface area contributed by atoms with Gasteiger partial charge in [0.15, 0.2) is 12.5 Å². The van der Waals surface area contributed by atoms with Crippen LogP contribution in [0, 0.1) is 0 Å². The van der Waals surface area contributed by atoms with E-state index >= 15 is 0 Å². The SMILES string of the molecule is O=S.[Cl-].[Na+]. The van der Waals surface area contributed by atoms with Gasteiger partial charge in [0.1, 0.15) is 0 Å². The van der Waals surface area contributed by atoms with E-state index in [4.69, 9.17) is 4.21 Å². The van der Waals surface area contributed by atoms with Crippen LogP contribution in [0.5, 0.6) is 0 Å². The standard InChI is InChI=1S/ClH.Na.OS/c;;1-2/h1H;;/q;+1;/p-1. The average molecular weight is 107 g/mol. The molecule has 0 bridgehead atoms. The van der Waals surface area contributed by atoms with Gasteiger partial charge in [-0.3, -0.25) is 0 Å². The van der Waals surface area contributed by atoms with Gasteiger partial charge in [-0.1, -0.05) is 0 Å². The summed E-state index contributed by atoms with van der Waals surface area (Å²) in [4.78, 5) is 0. The van der Waals surface area contributed by atoms with E-state index in [1.807, 2.05) is 0 Å². The van der Waals surface area contributed by atoms with E-state index in [1.165, 1.54) is 0 Å². The van der Waals surface area contributed by atoms with Gasteiger partial charge in [-0.15, -0.1) is 0 Å².